The normalized spacial score (nSPS) is 14.6. The van der Waals surface area contributed by atoms with Gasteiger partial charge in [-0.05, 0) is 39.5 Å². The van der Waals surface area contributed by atoms with E-state index >= 15 is 0 Å². The van der Waals surface area contributed by atoms with Crippen molar-refractivity contribution in [2.24, 2.45) is 17.8 Å². The van der Waals surface area contributed by atoms with Gasteiger partial charge in [0, 0.05) is 57.9 Å². The van der Waals surface area contributed by atoms with E-state index < -0.39 is 72.0 Å². The minimum Gasteiger partial charge on any atom is -0.396 e. The number of likely N-dealkylation sites (N-methyl/N-ethyl adjacent to an activating group) is 1. The lowest BCUT2D eigenvalue weighted by atomic mass is 9.93. The number of hydrogen-bond donors (Lipinski definition) is 4. The summed E-state index contributed by atoms with van der Waals surface area (Å²) in [5.41, 5.74) is 0. The van der Waals surface area contributed by atoms with E-state index in [0.717, 1.165) is 30.6 Å². The molecule has 0 aliphatic rings. The molecule has 3 amide bonds. The molecule has 1 unspecified atom stereocenters. The first kappa shape index (κ1) is 52.7. The summed E-state index contributed by atoms with van der Waals surface area (Å²) in [7, 11) is 1.32. The van der Waals surface area contributed by atoms with Crippen molar-refractivity contribution < 1.29 is 48.6 Å². The first-order valence-corrected chi connectivity index (χ1v) is 21.1. The Bertz CT molecular complexity index is 1250. The van der Waals surface area contributed by atoms with Crippen molar-refractivity contribution in [1.82, 2.24) is 15.5 Å². The summed E-state index contributed by atoms with van der Waals surface area (Å²) in [6.45, 7) is 11.1. The molecule has 0 aliphatic heterocycles. The second-order valence-corrected chi connectivity index (χ2v) is 16.2. The summed E-state index contributed by atoms with van der Waals surface area (Å²) >= 11 is 0. The molecule has 0 spiro atoms. The number of carbonyl (C=O) groups is 8. The Morgan fingerprint density at radius 2 is 1.16 bits per heavy atom. The standard InChI is InChI=1S/C43H75N3O10/c1-9-10-11-12-13-14-15-16-17-18-19-20-35(50)27-34(28-47)43(56)44-32(6)37(51)23-24-40(54)46(8)41(33(7)49)39(53)26-30(4)42(55)45-36(25-29(2)3)38(52)22-21-31(5)48/h29-30,32-34,36,41,47,49H,9-28H2,1-8H3,(H,44,56)(H,45,55)/t30-,32-,33?,34-,36+,41+/m1/s1. The van der Waals surface area contributed by atoms with E-state index in [4.69, 9.17) is 0 Å². The van der Waals surface area contributed by atoms with Crippen molar-refractivity contribution in [2.75, 3.05) is 13.7 Å². The van der Waals surface area contributed by atoms with Gasteiger partial charge in [-0.3, -0.25) is 33.6 Å². The van der Waals surface area contributed by atoms with Crippen LogP contribution in [0.1, 0.15) is 170 Å². The molecule has 6 atom stereocenters. The number of Topliss-reactive ketones (excluding diaryl/α,β-unsaturated/α-hetero) is 5. The quantitative estimate of drug-likeness (QED) is 0.0613. The van der Waals surface area contributed by atoms with Gasteiger partial charge in [-0.2, -0.15) is 0 Å². The zero-order valence-corrected chi connectivity index (χ0v) is 35.8. The maximum Gasteiger partial charge on any atom is 0.226 e. The number of nitrogens with one attached hydrogen (secondary N) is 2. The molecule has 13 nitrogen and oxygen atoms in total. The van der Waals surface area contributed by atoms with Crippen LogP contribution in [0.2, 0.25) is 0 Å². The number of unbranched alkanes of at least 4 members (excludes halogenated alkanes) is 10. The van der Waals surface area contributed by atoms with E-state index in [1.807, 2.05) is 13.8 Å². The van der Waals surface area contributed by atoms with Gasteiger partial charge in [0.15, 0.2) is 17.3 Å². The van der Waals surface area contributed by atoms with Gasteiger partial charge < -0.3 is 30.5 Å². The molecule has 13 heteroatoms. The van der Waals surface area contributed by atoms with Crippen LogP contribution < -0.4 is 10.6 Å². The number of amides is 3. The van der Waals surface area contributed by atoms with E-state index in [2.05, 4.69) is 17.6 Å². The number of carbonyl (C=O) groups excluding carboxylic acids is 8. The lowest BCUT2D eigenvalue weighted by Crippen LogP contribution is -2.50. The number of aliphatic hydroxyl groups excluding tert-OH is 2. The van der Waals surface area contributed by atoms with Crippen LogP contribution in [-0.4, -0.2) is 99.6 Å². The minimum atomic E-state index is -1.30. The summed E-state index contributed by atoms with van der Waals surface area (Å²) in [5.74, 6) is -5.17. The first-order valence-electron chi connectivity index (χ1n) is 21.1. The molecular formula is C43H75N3O10. The highest BCUT2D eigenvalue weighted by Gasteiger charge is 2.34. The van der Waals surface area contributed by atoms with E-state index in [1.54, 1.807) is 0 Å². The molecule has 0 saturated heterocycles. The molecule has 322 valence electrons. The monoisotopic (exact) mass is 794 g/mol. The largest absolute Gasteiger partial charge is 0.396 e. The Hall–Kier alpha value is -3.32. The first-order chi connectivity index (χ1) is 26.4. The Kier molecular flexibility index (Phi) is 28.1. The predicted octanol–water partition coefficient (Wildman–Crippen LogP) is 5.38. The van der Waals surface area contributed by atoms with Gasteiger partial charge in [0.25, 0.3) is 0 Å². The average Bonchev–Trinajstić information content (AvgIpc) is 3.12. The van der Waals surface area contributed by atoms with Gasteiger partial charge in [0.05, 0.1) is 30.7 Å². The third-order valence-corrected chi connectivity index (χ3v) is 10.2. The highest BCUT2D eigenvalue weighted by atomic mass is 16.3. The smallest absolute Gasteiger partial charge is 0.226 e. The van der Waals surface area contributed by atoms with Crippen molar-refractivity contribution in [2.45, 2.75) is 195 Å². The molecule has 0 aromatic heterocycles. The molecule has 0 aliphatic carbocycles. The van der Waals surface area contributed by atoms with Crippen LogP contribution in [0.4, 0.5) is 0 Å². The highest BCUT2D eigenvalue weighted by Crippen LogP contribution is 2.17. The summed E-state index contributed by atoms with van der Waals surface area (Å²) in [4.78, 5) is 103. The molecule has 0 bridgehead atoms. The number of nitrogens with zero attached hydrogens (tertiary/aromatic N) is 1. The maximum atomic E-state index is 13.3. The van der Waals surface area contributed by atoms with Crippen LogP contribution in [0.15, 0.2) is 0 Å². The summed E-state index contributed by atoms with van der Waals surface area (Å²) in [6.07, 6.45) is 11.2. The molecule has 0 saturated carbocycles. The lowest BCUT2D eigenvalue weighted by Gasteiger charge is -2.30. The maximum absolute atomic E-state index is 13.3. The summed E-state index contributed by atoms with van der Waals surface area (Å²) in [6, 6.07) is -3.12. The van der Waals surface area contributed by atoms with Crippen molar-refractivity contribution in [3.63, 3.8) is 0 Å². The molecule has 4 N–H and O–H groups in total. The molecule has 0 radical (unpaired) electrons. The second-order valence-electron chi connectivity index (χ2n) is 16.2. The van der Waals surface area contributed by atoms with Gasteiger partial charge in [0.2, 0.25) is 17.7 Å². The fourth-order valence-corrected chi connectivity index (χ4v) is 6.65. The molecule has 56 heavy (non-hydrogen) atoms. The fourth-order valence-electron chi connectivity index (χ4n) is 6.65. The molecule has 0 fully saturated rings. The summed E-state index contributed by atoms with van der Waals surface area (Å²) < 4.78 is 0. The van der Waals surface area contributed by atoms with Crippen LogP contribution in [0.3, 0.4) is 0 Å². The molecule has 0 aromatic carbocycles. The van der Waals surface area contributed by atoms with Crippen molar-refractivity contribution >= 4 is 46.6 Å². The number of ketones is 5. The minimum absolute atomic E-state index is 0.00526. The number of rotatable bonds is 34. The van der Waals surface area contributed by atoms with Crippen LogP contribution in [-0.2, 0) is 38.4 Å². The molecule has 0 rings (SSSR count). The highest BCUT2D eigenvalue weighted by molar-refractivity contribution is 5.96. The lowest BCUT2D eigenvalue weighted by molar-refractivity contribution is -0.143. The zero-order chi connectivity index (χ0) is 42.8. The third kappa shape index (κ3) is 23.0. The Morgan fingerprint density at radius 1 is 0.625 bits per heavy atom. The number of aliphatic hydroxyl groups is 2. The SMILES string of the molecule is CCCCCCCCCCCCCC(=O)C[C@H](CO)C(=O)N[C@H](C)C(=O)CCC(=O)N(C)[C@H](C(=O)C[C@@H](C)C(=O)N[C@@H](CC(C)C)C(=O)CCC(C)=O)C(C)O. The second kappa shape index (κ2) is 29.9. The predicted molar refractivity (Wildman–Crippen MR) is 216 cm³/mol. The van der Waals surface area contributed by atoms with Gasteiger partial charge in [-0.1, -0.05) is 91.9 Å². The molecule has 0 heterocycles. The third-order valence-electron chi connectivity index (χ3n) is 10.2. The van der Waals surface area contributed by atoms with E-state index in [9.17, 15) is 48.6 Å². The Balaban J connectivity index is 4.93. The van der Waals surface area contributed by atoms with Crippen LogP contribution >= 0.6 is 0 Å². The fraction of sp³-hybridized carbons (Fsp3) is 0.814. The van der Waals surface area contributed by atoms with Gasteiger partial charge in [-0.15, -0.1) is 0 Å². The van der Waals surface area contributed by atoms with Crippen molar-refractivity contribution in [3.05, 3.63) is 0 Å². The Morgan fingerprint density at radius 3 is 1.66 bits per heavy atom. The van der Waals surface area contributed by atoms with Crippen molar-refractivity contribution in [3.8, 4) is 0 Å². The van der Waals surface area contributed by atoms with Crippen molar-refractivity contribution in [1.29, 1.82) is 0 Å². The van der Waals surface area contributed by atoms with Gasteiger partial charge in [-0.25, -0.2) is 0 Å². The van der Waals surface area contributed by atoms with Crippen LogP contribution in [0.25, 0.3) is 0 Å². The van der Waals surface area contributed by atoms with Crippen LogP contribution in [0.5, 0.6) is 0 Å². The number of hydrogen-bond acceptors (Lipinski definition) is 10. The average molecular weight is 794 g/mol. The zero-order valence-electron chi connectivity index (χ0n) is 35.8. The van der Waals surface area contributed by atoms with Gasteiger partial charge >= 0.3 is 0 Å². The van der Waals surface area contributed by atoms with E-state index in [0.29, 0.717) is 12.8 Å². The van der Waals surface area contributed by atoms with Gasteiger partial charge in [0.1, 0.15) is 17.6 Å². The topological polar surface area (TPSA) is 204 Å². The Labute approximate surface area is 336 Å². The summed E-state index contributed by atoms with van der Waals surface area (Å²) in [5, 5.41) is 25.5. The molecular weight excluding hydrogens is 718 g/mol. The van der Waals surface area contributed by atoms with E-state index in [-0.39, 0.29) is 61.8 Å². The van der Waals surface area contributed by atoms with Crippen LogP contribution in [0, 0.1) is 17.8 Å². The molecule has 0 aromatic rings. The van der Waals surface area contributed by atoms with E-state index in [1.165, 1.54) is 79.7 Å².